The molecular formula is C20H17FN2O2. The maximum atomic E-state index is 13.2. The predicted molar refractivity (Wildman–Crippen MR) is 93.8 cm³/mol. The summed E-state index contributed by atoms with van der Waals surface area (Å²) in [4.78, 5) is 18.3. The molecule has 0 atom stereocenters. The third-order valence-corrected chi connectivity index (χ3v) is 3.61. The summed E-state index contributed by atoms with van der Waals surface area (Å²) in [5, 5.41) is 0. The van der Waals surface area contributed by atoms with Crippen LogP contribution in [0.5, 0.6) is 5.75 Å². The number of halogens is 1. The maximum Gasteiger partial charge on any atom is 0.265 e. The molecule has 0 aliphatic carbocycles. The number of hydrogen-bond acceptors (Lipinski definition) is 3. The maximum absolute atomic E-state index is 13.2. The zero-order valence-corrected chi connectivity index (χ0v) is 13.5. The van der Waals surface area contributed by atoms with Gasteiger partial charge in [0.05, 0.1) is 6.54 Å². The van der Waals surface area contributed by atoms with E-state index >= 15 is 0 Å². The van der Waals surface area contributed by atoms with Gasteiger partial charge in [-0.05, 0) is 48.0 Å². The van der Waals surface area contributed by atoms with Crippen molar-refractivity contribution in [1.82, 2.24) is 4.98 Å². The van der Waals surface area contributed by atoms with Crippen molar-refractivity contribution in [3.05, 3.63) is 90.5 Å². The van der Waals surface area contributed by atoms with E-state index in [1.165, 1.54) is 12.1 Å². The van der Waals surface area contributed by atoms with Gasteiger partial charge < -0.3 is 9.64 Å². The van der Waals surface area contributed by atoms with Crippen LogP contribution in [-0.2, 0) is 11.3 Å². The summed E-state index contributed by atoms with van der Waals surface area (Å²) >= 11 is 0. The number of aromatic nitrogens is 1. The second-order valence-corrected chi connectivity index (χ2v) is 5.42. The van der Waals surface area contributed by atoms with Gasteiger partial charge in [-0.25, -0.2) is 4.39 Å². The number of anilines is 1. The van der Waals surface area contributed by atoms with Gasteiger partial charge in [-0.15, -0.1) is 0 Å². The fourth-order valence-electron chi connectivity index (χ4n) is 2.36. The number of ether oxygens (including phenoxy) is 1. The van der Waals surface area contributed by atoms with E-state index in [4.69, 9.17) is 4.74 Å². The molecular weight excluding hydrogens is 319 g/mol. The Morgan fingerprint density at radius 3 is 2.44 bits per heavy atom. The molecule has 0 saturated carbocycles. The Balaban J connectivity index is 1.77. The minimum atomic E-state index is -0.349. The lowest BCUT2D eigenvalue weighted by Gasteiger charge is -2.23. The molecule has 3 rings (SSSR count). The summed E-state index contributed by atoms with van der Waals surface area (Å²) in [6.07, 6.45) is 3.37. The lowest BCUT2D eigenvalue weighted by Crippen LogP contribution is -2.34. The Morgan fingerprint density at radius 1 is 1.00 bits per heavy atom. The highest BCUT2D eigenvalue weighted by Gasteiger charge is 2.17. The van der Waals surface area contributed by atoms with Gasteiger partial charge in [0.15, 0.2) is 6.61 Å². The van der Waals surface area contributed by atoms with Crippen LogP contribution in [0, 0.1) is 5.82 Å². The van der Waals surface area contributed by atoms with Crippen LogP contribution in [-0.4, -0.2) is 17.5 Å². The summed E-state index contributed by atoms with van der Waals surface area (Å²) in [6.45, 7) is 0.220. The highest BCUT2D eigenvalue weighted by atomic mass is 19.1. The van der Waals surface area contributed by atoms with Crippen molar-refractivity contribution in [3.8, 4) is 5.75 Å². The first-order chi connectivity index (χ1) is 12.2. The molecule has 25 heavy (non-hydrogen) atoms. The number of hydrogen-bond donors (Lipinski definition) is 0. The Hall–Kier alpha value is -3.21. The van der Waals surface area contributed by atoms with E-state index in [1.54, 1.807) is 41.6 Å². The van der Waals surface area contributed by atoms with Gasteiger partial charge in [0.2, 0.25) is 0 Å². The molecule has 0 N–H and O–H groups in total. The first-order valence-corrected chi connectivity index (χ1v) is 7.85. The largest absolute Gasteiger partial charge is 0.484 e. The number of benzene rings is 2. The summed E-state index contributed by atoms with van der Waals surface area (Å²) in [7, 11) is 0. The van der Waals surface area contributed by atoms with E-state index < -0.39 is 0 Å². The monoisotopic (exact) mass is 336 g/mol. The normalized spacial score (nSPS) is 10.3. The molecule has 4 nitrogen and oxygen atoms in total. The van der Waals surface area contributed by atoms with E-state index in [-0.39, 0.29) is 18.3 Å². The van der Waals surface area contributed by atoms with E-state index in [0.717, 1.165) is 5.56 Å². The van der Waals surface area contributed by atoms with Crippen molar-refractivity contribution < 1.29 is 13.9 Å². The molecule has 0 unspecified atom stereocenters. The quantitative estimate of drug-likeness (QED) is 0.687. The van der Waals surface area contributed by atoms with Gasteiger partial charge in [-0.2, -0.15) is 0 Å². The average Bonchev–Trinajstić information content (AvgIpc) is 2.67. The van der Waals surface area contributed by atoms with Gasteiger partial charge in [-0.1, -0.05) is 24.3 Å². The highest BCUT2D eigenvalue weighted by Crippen LogP contribution is 2.19. The summed E-state index contributed by atoms with van der Waals surface area (Å²) in [5.74, 6) is 0.0497. The fraction of sp³-hybridized carbons (Fsp3) is 0.100. The molecule has 0 fully saturated rings. The average molecular weight is 336 g/mol. The molecule has 0 aliphatic heterocycles. The second kappa shape index (κ2) is 8.06. The number of nitrogens with zero attached hydrogens (tertiary/aromatic N) is 2. The molecule has 2 aromatic carbocycles. The lowest BCUT2D eigenvalue weighted by molar-refractivity contribution is -0.120. The van der Waals surface area contributed by atoms with Crippen molar-refractivity contribution in [2.45, 2.75) is 6.54 Å². The zero-order valence-electron chi connectivity index (χ0n) is 13.5. The Bertz CT molecular complexity index is 808. The van der Waals surface area contributed by atoms with Crippen LogP contribution in [0.2, 0.25) is 0 Å². The van der Waals surface area contributed by atoms with Crippen LogP contribution >= 0.6 is 0 Å². The molecule has 0 bridgehead atoms. The van der Waals surface area contributed by atoms with Crippen LogP contribution in [0.1, 0.15) is 5.56 Å². The molecule has 0 saturated heterocycles. The molecule has 3 aromatic rings. The number of pyridine rings is 1. The van der Waals surface area contributed by atoms with Crippen LogP contribution in [0.4, 0.5) is 10.1 Å². The fourth-order valence-corrected chi connectivity index (χ4v) is 2.36. The first-order valence-electron chi connectivity index (χ1n) is 7.85. The van der Waals surface area contributed by atoms with Crippen molar-refractivity contribution >= 4 is 11.6 Å². The number of amides is 1. The minimum Gasteiger partial charge on any atom is -0.484 e. The van der Waals surface area contributed by atoms with E-state index in [1.807, 2.05) is 30.3 Å². The summed E-state index contributed by atoms with van der Waals surface area (Å²) < 4.78 is 18.8. The molecule has 0 radical (unpaired) electrons. The predicted octanol–water partition coefficient (Wildman–Crippen LogP) is 3.83. The lowest BCUT2D eigenvalue weighted by atomic mass is 10.2. The molecule has 0 spiro atoms. The number of carbonyl (C=O) groups is 1. The third-order valence-electron chi connectivity index (χ3n) is 3.61. The number of rotatable bonds is 6. The Labute approximate surface area is 145 Å². The second-order valence-electron chi connectivity index (χ2n) is 5.42. The molecule has 1 amide bonds. The van der Waals surface area contributed by atoms with Crippen LogP contribution in [0.25, 0.3) is 0 Å². The summed E-state index contributed by atoms with van der Waals surface area (Å²) in [6, 6.07) is 18.6. The van der Waals surface area contributed by atoms with Crippen LogP contribution < -0.4 is 9.64 Å². The Morgan fingerprint density at radius 2 is 1.76 bits per heavy atom. The summed E-state index contributed by atoms with van der Waals surface area (Å²) in [5.41, 5.74) is 1.48. The molecule has 1 aromatic heterocycles. The van der Waals surface area contributed by atoms with Crippen molar-refractivity contribution in [1.29, 1.82) is 0 Å². The Kier molecular flexibility index (Phi) is 5.36. The van der Waals surface area contributed by atoms with Crippen molar-refractivity contribution in [2.24, 2.45) is 0 Å². The third kappa shape index (κ3) is 4.64. The number of carbonyl (C=O) groups excluding carboxylic acids is 1. The van der Waals surface area contributed by atoms with Crippen LogP contribution in [0.15, 0.2) is 79.1 Å². The molecule has 126 valence electrons. The zero-order chi connectivity index (χ0) is 17.5. The van der Waals surface area contributed by atoms with Crippen molar-refractivity contribution in [3.63, 3.8) is 0 Å². The highest BCUT2D eigenvalue weighted by molar-refractivity contribution is 5.94. The standard InChI is InChI=1S/C20H17FN2O2/c21-17-8-10-18(11-9-17)23(14-16-5-4-12-22-13-16)20(24)15-25-19-6-2-1-3-7-19/h1-13H,14-15H2. The van der Waals surface area contributed by atoms with E-state index in [0.29, 0.717) is 18.0 Å². The SMILES string of the molecule is O=C(COc1ccccc1)N(Cc1cccnc1)c1ccc(F)cc1. The van der Waals surface area contributed by atoms with Crippen molar-refractivity contribution in [2.75, 3.05) is 11.5 Å². The van der Waals surface area contributed by atoms with E-state index in [2.05, 4.69) is 4.98 Å². The van der Waals surface area contributed by atoms with Crippen LogP contribution in [0.3, 0.4) is 0 Å². The van der Waals surface area contributed by atoms with Gasteiger partial charge in [0.1, 0.15) is 11.6 Å². The van der Waals surface area contributed by atoms with E-state index in [9.17, 15) is 9.18 Å². The first kappa shape index (κ1) is 16.6. The molecule has 1 heterocycles. The van der Waals surface area contributed by atoms with Gasteiger partial charge in [0, 0.05) is 18.1 Å². The molecule has 5 heteroatoms. The van der Waals surface area contributed by atoms with Gasteiger partial charge >= 0.3 is 0 Å². The molecule has 0 aliphatic rings. The topological polar surface area (TPSA) is 42.4 Å². The number of para-hydroxylation sites is 1. The minimum absolute atomic E-state index is 0.109. The van der Waals surface area contributed by atoms with Gasteiger partial charge in [0.25, 0.3) is 5.91 Å². The van der Waals surface area contributed by atoms with Gasteiger partial charge in [-0.3, -0.25) is 9.78 Å². The smallest absolute Gasteiger partial charge is 0.265 e.